The Labute approximate surface area is 101 Å². The highest BCUT2D eigenvalue weighted by Gasteiger charge is 2.39. The molecule has 17 heavy (non-hydrogen) atoms. The van der Waals surface area contributed by atoms with Gasteiger partial charge in [0.1, 0.15) is 4.90 Å². The highest BCUT2D eigenvalue weighted by atomic mass is 32.2. The van der Waals surface area contributed by atoms with E-state index in [0.29, 0.717) is 23.8 Å². The van der Waals surface area contributed by atoms with Gasteiger partial charge in [0, 0.05) is 6.04 Å². The molecule has 0 saturated heterocycles. The van der Waals surface area contributed by atoms with E-state index in [4.69, 9.17) is 5.14 Å². The molecule has 0 aliphatic heterocycles. The number of nitrogens with one attached hydrogen (secondary N) is 1. The van der Waals surface area contributed by atoms with Crippen molar-refractivity contribution in [3.63, 3.8) is 0 Å². The third-order valence-corrected chi connectivity index (χ3v) is 3.84. The lowest BCUT2D eigenvalue weighted by Gasteiger charge is -2.06. The smallest absolute Gasteiger partial charge is 0.241 e. The van der Waals surface area contributed by atoms with Gasteiger partial charge in [0.25, 0.3) is 0 Å². The molecular weight excluding hydrogens is 240 g/mol. The molecule has 0 spiro atoms. The molecular formula is C10H16N4O2S. The molecule has 1 heterocycles. The number of sulfonamides is 1. The molecule has 0 amide bonds. The number of rotatable bonds is 4. The number of anilines is 1. The van der Waals surface area contributed by atoms with E-state index >= 15 is 0 Å². The summed E-state index contributed by atoms with van der Waals surface area (Å²) in [7, 11) is -3.71. The average Bonchev–Trinajstić information content (AvgIpc) is 2.96. The Bertz CT molecular complexity index is 498. The SMILES string of the molecule is CC(C)[C@@H]1C[C@H]1Nc1ncc(S(N)(=O)=O)cn1. The van der Waals surface area contributed by atoms with Gasteiger partial charge in [0.15, 0.2) is 0 Å². The molecule has 1 aromatic rings. The second kappa shape index (κ2) is 4.23. The van der Waals surface area contributed by atoms with Gasteiger partial charge in [-0.15, -0.1) is 0 Å². The normalized spacial score (nSPS) is 23.8. The van der Waals surface area contributed by atoms with Crippen molar-refractivity contribution in [1.29, 1.82) is 0 Å². The van der Waals surface area contributed by atoms with Gasteiger partial charge in [-0.25, -0.2) is 23.5 Å². The maximum Gasteiger partial charge on any atom is 0.241 e. The standard InChI is InChI=1S/C10H16N4O2S/c1-6(2)8-3-9(8)14-10-12-4-7(5-13-10)17(11,15)16/h4-6,8-9H,3H2,1-2H3,(H2,11,15,16)(H,12,13,14)/t8-,9+/m0/s1. The monoisotopic (exact) mass is 256 g/mol. The van der Waals surface area contributed by atoms with Crippen LogP contribution < -0.4 is 10.5 Å². The van der Waals surface area contributed by atoms with Gasteiger partial charge in [0.05, 0.1) is 12.4 Å². The summed E-state index contributed by atoms with van der Waals surface area (Å²) in [5.41, 5.74) is 0. The van der Waals surface area contributed by atoms with E-state index in [0.717, 1.165) is 6.42 Å². The van der Waals surface area contributed by atoms with Gasteiger partial charge in [-0.05, 0) is 18.3 Å². The molecule has 1 fully saturated rings. The lowest BCUT2D eigenvalue weighted by Crippen LogP contribution is -2.14. The van der Waals surface area contributed by atoms with E-state index in [1.165, 1.54) is 12.4 Å². The van der Waals surface area contributed by atoms with Crippen molar-refractivity contribution in [2.75, 3.05) is 5.32 Å². The number of primary sulfonamides is 1. The summed E-state index contributed by atoms with van der Waals surface area (Å²) in [5.74, 6) is 1.73. The molecule has 3 N–H and O–H groups in total. The third-order valence-electron chi connectivity index (χ3n) is 2.97. The molecule has 6 nitrogen and oxygen atoms in total. The van der Waals surface area contributed by atoms with Crippen LogP contribution in [0.25, 0.3) is 0 Å². The zero-order chi connectivity index (χ0) is 12.6. The van der Waals surface area contributed by atoms with Gasteiger partial charge in [-0.3, -0.25) is 0 Å². The topological polar surface area (TPSA) is 98.0 Å². The first-order valence-electron chi connectivity index (χ1n) is 5.49. The van der Waals surface area contributed by atoms with Crippen LogP contribution in [-0.2, 0) is 10.0 Å². The van der Waals surface area contributed by atoms with Crippen LogP contribution in [-0.4, -0.2) is 24.4 Å². The molecule has 0 radical (unpaired) electrons. The second-order valence-electron chi connectivity index (χ2n) is 4.68. The molecule has 1 aliphatic carbocycles. The highest BCUT2D eigenvalue weighted by Crippen LogP contribution is 2.38. The largest absolute Gasteiger partial charge is 0.351 e. The summed E-state index contributed by atoms with van der Waals surface area (Å²) in [6.07, 6.45) is 3.55. The molecule has 0 aromatic carbocycles. The zero-order valence-electron chi connectivity index (χ0n) is 9.79. The van der Waals surface area contributed by atoms with Crippen molar-refractivity contribution in [3.8, 4) is 0 Å². The Morgan fingerprint density at radius 3 is 2.41 bits per heavy atom. The number of nitrogens with two attached hydrogens (primary N) is 1. The quantitative estimate of drug-likeness (QED) is 0.821. The first-order chi connectivity index (χ1) is 7.88. The molecule has 2 atom stereocenters. The zero-order valence-corrected chi connectivity index (χ0v) is 10.6. The van der Waals surface area contributed by atoms with Crippen LogP contribution in [0.15, 0.2) is 17.3 Å². The third kappa shape index (κ3) is 2.92. The van der Waals surface area contributed by atoms with Gasteiger partial charge in [-0.1, -0.05) is 13.8 Å². The Hall–Kier alpha value is -1.21. The van der Waals surface area contributed by atoms with Crippen LogP contribution >= 0.6 is 0 Å². The van der Waals surface area contributed by atoms with Crippen LogP contribution in [0.5, 0.6) is 0 Å². The Kier molecular flexibility index (Phi) is 3.05. The van der Waals surface area contributed by atoms with Crippen LogP contribution in [0, 0.1) is 11.8 Å². The first kappa shape index (κ1) is 12.3. The van der Waals surface area contributed by atoms with Crippen LogP contribution in [0.3, 0.4) is 0 Å². The van der Waals surface area contributed by atoms with Crippen LogP contribution in [0.2, 0.25) is 0 Å². The fourth-order valence-corrected chi connectivity index (χ4v) is 2.22. The molecule has 1 aromatic heterocycles. The van der Waals surface area contributed by atoms with E-state index in [1.54, 1.807) is 0 Å². The van der Waals surface area contributed by atoms with Crippen molar-refractivity contribution in [3.05, 3.63) is 12.4 Å². The Morgan fingerprint density at radius 1 is 1.41 bits per heavy atom. The number of hydrogen-bond donors (Lipinski definition) is 2. The number of aromatic nitrogens is 2. The summed E-state index contributed by atoms with van der Waals surface area (Å²) < 4.78 is 22.0. The predicted molar refractivity (Wildman–Crippen MR) is 63.8 cm³/mol. The number of hydrogen-bond acceptors (Lipinski definition) is 5. The van der Waals surface area contributed by atoms with E-state index < -0.39 is 10.0 Å². The predicted octanol–water partition coefficient (Wildman–Crippen LogP) is 0.580. The van der Waals surface area contributed by atoms with E-state index in [1.807, 2.05) is 0 Å². The Balaban J connectivity index is 2.01. The van der Waals surface area contributed by atoms with Crippen molar-refractivity contribution >= 4 is 16.0 Å². The fraction of sp³-hybridized carbons (Fsp3) is 0.600. The van der Waals surface area contributed by atoms with Crippen molar-refractivity contribution < 1.29 is 8.42 Å². The lowest BCUT2D eigenvalue weighted by atomic mass is 10.1. The molecule has 1 saturated carbocycles. The molecule has 0 unspecified atom stereocenters. The second-order valence-corrected chi connectivity index (χ2v) is 6.24. The van der Waals surface area contributed by atoms with E-state index in [9.17, 15) is 8.42 Å². The van der Waals surface area contributed by atoms with Crippen molar-refractivity contribution in [2.24, 2.45) is 17.0 Å². The highest BCUT2D eigenvalue weighted by molar-refractivity contribution is 7.89. The van der Waals surface area contributed by atoms with Crippen molar-refractivity contribution in [2.45, 2.75) is 31.2 Å². The molecule has 1 aliphatic rings. The molecule has 7 heteroatoms. The van der Waals surface area contributed by atoms with E-state index in [2.05, 4.69) is 29.1 Å². The summed E-state index contributed by atoms with van der Waals surface area (Å²) in [6.45, 7) is 4.36. The fourth-order valence-electron chi connectivity index (χ4n) is 1.82. The summed E-state index contributed by atoms with van der Waals surface area (Å²) in [6, 6.07) is 0.398. The maximum atomic E-state index is 11.0. The summed E-state index contributed by atoms with van der Waals surface area (Å²) >= 11 is 0. The van der Waals surface area contributed by atoms with E-state index in [-0.39, 0.29) is 4.90 Å². The van der Waals surface area contributed by atoms with Gasteiger partial charge in [-0.2, -0.15) is 0 Å². The summed E-state index contributed by atoms with van der Waals surface area (Å²) in [4.78, 5) is 7.81. The molecule has 2 rings (SSSR count). The number of nitrogens with zero attached hydrogens (tertiary/aromatic N) is 2. The minimum absolute atomic E-state index is 0.0701. The van der Waals surface area contributed by atoms with Gasteiger partial charge >= 0.3 is 0 Å². The van der Waals surface area contributed by atoms with Gasteiger partial charge in [0.2, 0.25) is 16.0 Å². The average molecular weight is 256 g/mol. The Morgan fingerprint density at radius 2 is 2.00 bits per heavy atom. The molecule has 0 bridgehead atoms. The lowest BCUT2D eigenvalue weighted by molar-refractivity contribution is 0.553. The van der Waals surface area contributed by atoms with Gasteiger partial charge < -0.3 is 5.32 Å². The molecule has 94 valence electrons. The van der Waals surface area contributed by atoms with Crippen LogP contribution in [0.1, 0.15) is 20.3 Å². The van der Waals surface area contributed by atoms with Crippen molar-refractivity contribution in [1.82, 2.24) is 9.97 Å². The first-order valence-corrected chi connectivity index (χ1v) is 7.04. The minimum atomic E-state index is -3.71. The van der Waals surface area contributed by atoms with Crippen LogP contribution in [0.4, 0.5) is 5.95 Å². The minimum Gasteiger partial charge on any atom is -0.351 e. The maximum absolute atomic E-state index is 11.0. The summed E-state index contributed by atoms with van der Waals surface area (Å²) in [5, 5.41) is 8.12.